The standard InChI is InChI=1S/C14H16O4/c1-17-14(16)12-4-2-10(3-5-12)13(15)11-6-8-18-9-7-11/h2-5,11H,6-9H2,1H3. The van der Waals surface area contributed by atoms with Gasteiger partial charge in [-0.3, -0.25) is 4.79 Å². The molecule has 1 aromatic rings. The Labute approximate surface area is 106 Å². The van der Waals surface area contributed by atoms with E-state index in [2.05, 4.69) is 4.74 Å². The molecule has 0 radical (unpaired) electrons. The van der Waals surface area contributed by atoms with Crippen molar-refractivity contribution < 1.29 is 19.1 Å². The minimum atomic E-state index is -0.389. The lowest BCUT2D eigenvalue weighted by molar-refractivity contribution is 0.0544. The van der Waals surface area contributed by atoms with E-state index in [4.69, 9.17) is 4.74 Å². The molecule has 0 aliphatic carbocycles. The van der Waals surface area contributed by atoms with Crippen molar-refractivity contribution in [3.63, 3.8) is 0 Å². The number of methoxy groups -OCH3 is 1. The first-order valence-corrected chi connectivity index (χ1v) is 6.02. The van der Waals surface area contributed by atoms with Gasteiger partial charge in [0.05, 0.1) is 12.7 Å². The molecular weight excluding hydrogens is 232 g/mol. The summed E-state index contributed by atoms with van der Waals surface area (Å²) in [4.78, 5) is 23.5. The van der Waals surface area contributed by atoms with Crippen molar-refractivity contribution in [2.45, 2.75) is 12.8 Å². The number of hydrogen-bond donors (Lipinski definition) is 0. The Morgan fingerprint density at radius 2 is 1.67 bits per heavy atom. The van der Waals surface area contributed by atoms with Gasteiger partial charge in [-0.05, 0) is 25.0 Å². The van der Waals surface area contributed by atoms with Crippen LogP contribution in [0.4, 0.5) is 0 Å². The maximum Gasteiger partial charge on any atom is 0.337 e. The van der Waals surface area contributed by atoms with E-state index in [1.54, 1.807) is 24.3 Å². The largest absolute Gasteiger partial charge is 0.465 e. The first-order chi connectivity index (χ1) is 8.72. The van der Waals surface area contributed by atoms with Crippen molar-refractivity contribution in [3.8, 4) is 0 Å². The number of Topliss-reactive ketones (excluding diaryl/α,β-unsaturated/α-hetero) is 1. The molecule has 0 atom stereocenters. The summed E-state index contributed by atoms with van der Waals surface area (Å²) in [6, 6.07) is 6.62. The van der Waals surface area contributed by atoms with Gasteiger partial charge in [0.25, 0.3) is 0 Å². The second kappa shape index (κ2) is 5.78. The van der Waals surface area contributed by atoms with Crippen LogP contribution in [-0.4, -0.2) is 32.1 Å². The van der Waals surface area contributed by atoms with Gasteiger partial charge in [-0.15, -0.1) is 0 Å². The molecule has 1 aliphatic heterocycles. The number of rotatable bonds is 3. The fraction of sp³-hybridized carbons (Fsp3) is 0.429. The highest BCUT2D eigenvalue weighted by Crippen LogP contribution is 2.20. The molecule has 1 aromatic carbocycles. The molecular formula is C14H16O4. The van der Waals surface area contributed by atoms with Gasteiger partial charge >= 0.3 is 5.97 Å². The molecule has 4 nitrogen and oxygen atoms in total. The Balaban J connectivity index is 2.08. The first-order valence-electron chi connectivity index (χ1n) is 6.02. The highest BCUT2D eigenvalue weighted by atomic mass is 16.5. The van der Waals surface area contributed by atoms with Crippen molar-refractivity contribution in [1.29, 1.82) is 0 Å². The number of carbonyl (C=O) groups excluding carboxylic acids is 2. The topological polar surface area (TPSA) is 52.6 Å². The van der Waals surface area contributed by atoms with E-state index in [0.29, 0.717) is 24.3 Å². The summed E-state index contributed by atoms with van der Waals surface area (Å²) in [5.74, 6) is -0.211. The van der Waals surface area contributed by atoms with Crippen LogP contribution in [0.5, 0.6) is 0 Å². The Bertz CT molecular complexity index is 430. The minimum absolute atomic E-state index is 0.0442. The first kappa shape index (κ1) is 12.8. The summed E-state index contributed by atoms with van der Waals surface area (Å²) < 4.78 is 9.85. The molecule has 1 saturated heterocycles. The molecule has 0 N–H and O–H groups in total. The molecule has 0 bridgehead atoms. The number of carbonyl (C=O) groups is 2. The van der Waals surface area contributed by atoms with Gasteiger partial charge in [-0.2, -0.15) is 0 Å². The Morgan fingerprint density at radius 1 is 1.11 bits per heavy atom. The van der Waals surface area contributed by atoms with E-state index < -0.39 is 0 Å². The van der Waals surface area contributed by atoms with Crippen LogP contribution in [0.15, 0.2) is 24.3 Å². The second-order valence-electron chi connectivity index (χ2n) is 4.32. The second-order valence-corrected chi connectivity index (χ2v) is 4.32. The fourth-order valence-corrected chi connectivity index (χ4v) is 2.08. The Hall–Kier alpha value is -1.68. The zero-order chi connectivity index (χ0) is 13.0. The maximum absolute atomic E-state index is 12.2. The molecule has 96 valence electrons. The molecule has 0 unspecified atom stereocenters. The van der Waals surface area contributed by atoms with Gasteiger partial charge in [0.1, 0.15) is 0 Å². The van der Waals surface area contributed by atoms with E-state index in [0.717, 1.165) is 12.8 Å². The van der Waals surface area contributed by atoms with Crippen LogP contribution in [0.25, 0.3) is 0 Å². The molecule has 0 saturated carbocycles. The minimum Gasteiger partial charge on any atom is -0.465 e. The van der Waals surface area contributed by atoms with Gasteiger partial charge in [-0.1, -0.05) is 12.1 Å². The number of hydrogen-bond acceptors (Lipinski definition) is 4. The van der Waals surface area contributed by atoms with Crippen LogP contribution in [0.2, 0.25) is 0 Å². The third-order valence-electron chi connectivity index (χ3n) is 3.18. The van der Waals surface area contributed by atoms with E-state index in [-0.39, 0.29) is 17.7 Å². The molecule has 1 heterocycles. The summed E-state index contributed by atoms with van der Waals surface area (Å²) in [5, 5.41) is 0. The number of ether oxygens (including phenoxy) is 2. The van der Waals surface area contributed by atoms with Gasteiger partial charge in [0, 0.05) is 24.7 Å². The van der Waals surface area contributed by atoms with E-state index >= 15 is 0 Å². The molecule has 0 spiro atoms. The number of esters is 1. The predicted molar refractivity (Wildman–Crippen MR) is 65.7 cm³/mol. The lowest BCUT2D eigenvalue weighted by Crippen LogP contribution is -2.23. The average molecular weight is 248 g/mol. The third kappa shape index (κ3) is 2.76. The monoisotopic (exact) mass is 248 g/mol. The van der Waals surface area contributed by atoms with Crippen molar-refractivity contribution in [2.24, 2.45) is 5.92 Å². The van der Waals surface area contributed by atoms with Crippen molar-refractivity contribution in [3.05, 3.63) is 35.4 Å². The zero-order valence-corrected chi connectivity index (χ0v) is 10.3. The highest BCUT2D eigenvalue weighted by Gasteiger charge is 2.22. The van der Waals surface area contributed by atoms with Crippen LogP contribution in [0, 0.1) is 5.92 Å². The van der Waals surface area contributed by atoms with Crippen LogP contribution in [0.1, 0.15) is 33.6 Å². The quantitative estimate of drug-likeness (QED) is 0.607. The van der Waals surface area contributed by atoms with E-state index in [9.17, 15) is 9.59 Å². The van der Waals surface area contributed by atoms with Gasteiger partial charge in [-0.25, -0.2) is 4.79 Å². The number of benzene rings is 1. The van der Waals surface area contributed by atoms with Gasteiger partial charge < -0.3 is 9.47 Å². The van der Waals surface area contributed by atoms with Gasteiger partial charge in [0.2, 0.25) is 0 Å². The lowest BCUT2D eigenvalue weighted by atomic mass is 9.91. The normalized spacial score (nSPS) is 16.3. The van der Waals surface area contributed by atoms with Crippen LogP contribution >= 0.6 is 0 Å². The predicted octanol–water partition coefficient (Wildman–Crippen LogP) is 2.08. The number of ketones is 1. The van der Waals surface area contributed by atoms with Crippen LogP contribution in [-0.2, 0) is 9.47 Å². The SMILES string of the molecule is COC(=O)c1ccc(C(=O)C2CCOCC2)cc1. The third-order valence-corrected chi connectivity index (χ3v) is 3.18. The molecule has 4 heteroatoms. The molecule has 0 amide bonds. The van der Waals surface area contributed by atoms with Crippen molar-refractivity contribution >= 4 is 11.8 Å². The summed E-state index contributed by atoms with van der Waals surface area (Å²) in [6.45, 7) is 1.30. The van der Waals surface area contributed by atoms with E-state index in [1.165, 1.54) is 7.11 Å². The Kier molecular flexibility index (Phi) is 4.10. The molecule has 1 fully saturated rings. The Morgan fingerprint density at radius 3 is 2.22 bits per heavy atom. The van der Waals surface area contributed by atoms with Crippen LogP contribution < -0.4 is 0 Å². The summed E-state index contributed by atoms with van der Waals surface area (Å²) in [7, 11) is 1.34. The zero-order valence-electron chi connectivity index (χ0n) is 10.3. The van der Waals surface area contributed by atoms with E-state index in [1.807, 2.05) is 0 Å². The summed E-state index contributed by atoms with van der Waals surface area (Å²) >= 11 is 0. The maximum atomic E-state index is 12.2. The van der Waals surface area contributed by atoms with Crippen molar-refractivity contribution in [2.75, 3.05) is 20.3 Å². The average Bonchev–Trinajstić information content (AvgIpc) is 2.47. The fourth-order valence-electron chi connectivity index (χ4n) is 2.08. The highest BCUT2D eigenvalue weighted by molar-refractivity contribution is 5.99. The van der Waals surface area contributed by atoms with Crippen molar-refractivity contribution in [1.82, 2.24) is 0 Å². The lowest BCUT2D eigenvalue weighted by Gasteiger charge is -2.20. The molecule has 2 rings (SSSR count). The molecule has 18 heavy (non-hydrogen) atoms. The molecule has 0 aromatic heterocycles. The molecule has 1 aliphatic rings. The van der Waals surface area contributed by atoms with Crippen LogP contribution in [0.3, 0.4) is 0 Å². The van der Waals surface area contributed by atoms with Gasteiger partial charge in [0.15, 0.2) is 5.78 Å². The smallest absolute Gasteiger partial charge is 0.337 e. The summed E-state index contributed by atoms with van der Waals surface area (Å²) in [5.41, 5.74) is 1.11. The summed E-state index contributed by atoms with van der Waals surface area (Å²) in [6.07, 6.45) is 1.55.